The average molecular weight is 189 g/mol. The van der Waals surface area contributed by atoms with Crippen molar-refractivity contribution in [2.75, 3.05) is 6.26 Å². The van der Waals surface area contributed by atoms with Crippen molar-refractivity contribution in [1.29, 1.82) is 0 Å². The molecule has 0 saturated heterocycles. The summed E-state index contributed by atoms with van der Waals surface area (Å²) in [5.41, 5.74) is 2.39. The summed E-state index contributed by atoms with van der Waals surface area (Å²) in [6, 6.07) is 4.15. The molecule has 0 fully saturated rings. The van der Waals surface area contributed by atoms with Crippen LogP contribution in [-0.2, 0) is 0 Å². The number of hydrogen-bond donors (Lipinski definition) is 0. The molecule has 0 aliphatic rings. The third kappa shape index (κ3) is 3.21. The first-order valence-electron chi connectivity index (χ1n) is 3.22. The number of aromatic nitrogens is 1. The van der Waals surface area contributed by atoms with Crippen LogP contribution in [0.4, 0.5) is 0 Å². The second-order valence-electron chi connectivity index (χ2n) is 2.26. The Morgan fingerprint density at radius 1 is 1.17 bits per heavy atom. The zero-order valence-electron chi connectivity index (χ0n) is 7.51. The fraction of sp³-hybridized carbons (Fsp3) is 0.375. The predicted molar refractivity (Wildman–Crippen MR) is 52.7 cm³/mol. The molecule has 70 valence electrons. The molecule has 0 saturated carbocycles. The van der Waals surface area contributed by atoms with Gasteiger partial charge in [0.15, 0.2) is 0 Å². The third-order valence-electron chi connectivity index (χ3n) is 1.53. The highest BCUT2D eigenvalue weighted by Crippen LogP contribution is 2.13. The molecule has 0 aliphatic heterocycles. The number of pyridine rings is 1. The Bertz CT molecular complexity index is 240. The smallest absolute Gasteiger partial charge is 0.0960 e. The summed E-state index contributed by atoms with van der Waals surface area (Å²) in [5.74, 6) is 0. The fourth-order valence-corrected chi connectivity index (χ4v) is 1.15. The number of thioether (sulfide) groups is 1. The molecule has 0 aromatic carbocycles. The fourth-order valence-electron chi connectivity index (χ4n) is 0.721. The minimum atomic E-state index is 0. The van der Waals surface area contributed by atoms with Gasteiger partial charge in [0.25, 0.3) is 0 Å². The van der Waals surface area contributed by atoms with E-state index in [9.17, 15) is 0 Å². The lowest BCUT2D eigenvalue weighted by Gasteiger charge is -1.99. The Hall–Kier alpha value is -0.580. The van der Waals surface area contributed by atoms with Gasteiger partial charge in [-0.25, -0.2) is 4.98 Å². The van der Waals surface area contributed by atoms with Gasteiger partial charge in [-0.2, -0.15) is 0 Å². The van der Waals surface area contributed by atoms with Gasteiger partial charge >= 0.3 is 0 Å². The molecule has 0 radical (unpaired) electrons. The van der Waals surface area contributed by atoms with Crippen LogP contribution in [0, 0.1) is 13.8 Å². The molecule has 1 heterocycles. The SMILES string of the molecule is CSc1ccc(C)c(C)n1.O.O. The zero-order valence-corrected chi connectivity index (χ0v) is 8.33. The van der Waals surface area contributed by atoms with Gasteiger partial charge in [0.05, 0.1) is 5.03 Å². The van der Waals surface area contributed by atoms with Crippen molar-refractivity contribution in [2.45, 2.75) is 18.9 Å². The summed E-state index contributed by atoms with van der Waals surface area (Å²) in [6.07, 6.45) is 2.04. The molecule has 0 spiro atoms. The van der Waals surface area contributed by atoms with Gasteiger partial charge in [0, 0.05) is 5.69 Å². The molecule has 1 aromatic rings. The Kier molecular flexibility index (Phi) is 6.98. The van der Waals surface area contributed by atoms with Crippen LogP contribution in [0.15, 0.2) is 17.2 Å². The van der Waals surface area contributed by atoms with Gasteiger partial charge in [-0.1, -0.05) is 6.07 Å². The van der Waals surface area contributed by atoms with E-state index < -0.39 is 0 Å². The van der Waals surface area contributed by atoms with Crippen LogP contribution < -0.4 is 0 Å². The van der Waals surface area contributed by atoms with Crippen LogP contribution in [0.1, 0.15) is 11.3 Å². The van der Waals surface area contributed by atoms with Crippen molar-refractivity contribution in [2.24, 2.45) is 0 Å². The minimum Gasteiger partial charge on any atom is -0.412 e. The summed E-state index contributed by atoms with van der Waals surface area (Å²) in [6.45, 7) is 4.11. The highest BCUT2D eigenvalue weighted by atomic mass is 32.2. The van der Waals surface area contributed by atoms with E-state index in [2.05, 4.69) is 18.0 Å². The van der Waals surface area contributed by atoms with Gasteiger partial charge in [-0.3, -0.25) is 0 Å². The standard InChI is InChI=1S/C8H11NS.2H2O/c1-6-4-5-8(10-3)9-7(6)2;;/h4-5H,1-3H3;2*1H2. The second-order valence-corrected chi connectivity index (χ2v) is 3.08. The molecule has 3 nitrogen and oxygen atoms in total. The van der Waals surface area contributed by atoms with E-state index in [4.69, 9.17) is 0 Å². The van der Waals surface area contributed by atoms with E-state index >= 15 is 0 Å². The number of rotatable bonds is 1. The van der Waals surface area contributed by atoms with Crippen LogP contribution in [0.2, 0.25) is 0 Å². The predicted octanol–water partition coefficient (Wildman–Crippen LogP) is 0.771. The largest absolute Gasteiger partial charge is 0.412 e. The summed E-state index contributed by atoms with van der Waals surface area (Å²) < 4.78 is 0. The van der Waals surface area contributed by atoms with E-state index in [-0.39, 0.29) is 11.0 Å². The Morgan fingerprint density at radius 3 is 2.17 bits per heavy atom. The maximum absolute atomic E-state index is 4.35. The van der Waals surface area contributed by atoms with Crippen LogP contribution in [-0.4, -0.2) is 22.2 Å². The summed E-state index contributed by atoms with van der Waals surface area (Å²) >= 11 is 1.68. The molecule has 0 atom stereocenters. The van der Waals surface area contributed by atoms with Crippen LogP contribution >= 0.6 is 11.8 Å². The maximum Gasteiger partial charge on any atom is 0.0960 e. The Balaban J connectivity index is 0. The van der Waals surface area contributed by atoms with Gasteiger partial charge in [-0.15, -0.1) is 11.8 Å². The number of hydrogen-bond acceptors (Lipinski definition) is 2. The summed E-state index contributed by atoms with van der Waals surface area (Å²) in [7, 11) is 0. The normalized spacial score (nSPS) is 8.25. The highest BCUT2D eigenvalue weighted by Gasteiger charge is 1.94. The van der Waals surface area contributed by atoms with Gasteiger partial charge in [0.2, 0.25) is 0 Å². The second kappa shape index (κ2) is 5.99. The maximum atomic E-state index is 4.35. The lowest BCUT2D eigenvalue weighted by Crippen LogP contribution is -1.86. The van der Waals surface area contributed by atoms with Gasteiger partial charge in [-0.05, 0) is 31.7 Å². The lowest BCUT2D eigenvalue weighted by molar-refractivity contribution is 0.823. The summed E-state index contributed by atoms with van der Waals surface area (Å²) in [4.78, 5) is 4.35. The molecular formula is C8H15NO2S. The van der Waals surface area contributed by atoms with Crippen LogP contribution in [0.5, 0.6) is 0 Å². The third-order valence-corrected chi connectivity index (χ3v) is 2.18. The Labute approximate surface area is 76.8 Å². The van der Waals surface area contributed by atoms with Crippen molar-refractivity contribution in [3.63, 3.8) is 0 Å². The molecule has 1 aromatic heterocycles. The first-order chi connectivity index (χ1) is 4.74. The highest BCUT2D eigenvalue weighted by molar-refractivity contribution is 7.98. The average Bonchev–Trinajstić information content (AvgIpc) is 1.95. The van der Waals surface area contributed by atoms with Crippen LogP contribution in [0.25, 0.3) is 0 Å². The molecule has 1 rings (SSSR count). The molecule has 4 heteroatoms. The van der Waals surface area contributed by atoms with Gasteiger partial charge < -0.3 is 11.0 Å². The quantitative estimate of drug-likeness (QED) is 0.612. The molecule has 4 N–H and O–H groups in total. The molecule has 0 bridgehead atoms. The Morgan fingerprint density at radius 2 is 1.75 bits per heavy atom. The van der Waals surface area contributed by atoms with Crippen molar-refractivity contribution < 1.29 is 11.0 Å². The first kappa shape index (κ1) is 14.0. The molecule has 0 amide bonds. The number of aryl methyl sites for hydroxylation is 2. The molecule has 0 aliphatic carbocycles. The van der Waals surface area contributed by atoms with Gasteiger partial charge in [0.1, 0.15) is 0 Å². The number of nitrogens with zero attached hydrogens (tertiary/aromatic N) is 1. The van der Waals surface area contributed by atoms with E-state index in [0.717, 1.165) is 10.7 Å². The van der Waals surface area contributed by atoms with Crippen molar-refractivity contribution in [1.82, 2.24) is 4.98 Å². The van der Waals surface area contributed by atoms with Crippen molar-refractivity contribution >= 4 is 11.8 Å². The molecule has 0 unspecified atom stereocenters. The van der Waals surface area contributed by atoms with Crippen molar-refractivity contribution in [3.8, 4) is 0 Å². The van der Waals surface area contributed by atoms with Crippen molar-refractivity contribution in [3.05, 3.63) is 23.4 Å². The monoisotopic (exact) mass is 189 g/mol. The van der Waals surface area contributed by atoms with E-state index in [0.29, 0.717) is 0 Å². The van der Waals surface area contributed by atoms with E-state index in [1.54, 1.807) is 11.8 Å². The molecular weight excluding hydrogens is 174 g/mol. The van der Waals surface area contributed by atoms with E-state index in [1.807, 2.05) is 19.2 Å². The van der Waals surface area contributed by atoms with Crippen LogP contribution in [0.3, 0.4) is 0 Å². The minimum absolute atomic E-state index is 0. The first-order valence-corrected chi connectivity index (χ1v) is 4.45. The lowest BCUT2D eigenvalue weighted by atomic mass is 10.2. The topological polar surface area (TPSA) is 75.9 Å². The zero-order chi connectivity index (χ0) is 7.56. The van der Waals surface area contributed by atoms with E-state index in [1.165, 1.54) is 5.56 Å². The molecule has 12 heavy (non-hydrogen) atoms. The summed E-state index contributed by atoms with van der Waals surface area (Å²) in [5, 5.41) is 1.10.